The fourth-order valence-electron chi connectivity index (χ4n) is 2.07. The highest BCUT2D eigenvalue weighted by atomic mass is 35.5. The predicted octanol–water partition coefficient (Wildman–Crippen LogP) is 3.61. The maximum absolute atomic E-state index is 11.9. The molecule has 0 aliphatic carbocycles. The van der Waals surface area contributed by atoms with Gasteiger partial charge in [-0.2, -0.15) is 5.10 Å². The van der Waals surface area contributed by atoms with Crippen LogP contribution in [0.25, 0.3) is 0 Å². The summed E-state index contributed by atoms with van der Waals surface area (Å²) in [7, 11) is 0. The Hall–Kier alpha value is -2.86. The maximum Gasteiger partial charge on any atom is 0.240 e. The molecule has 0 spiro atoms. The summed E-state index contributed by atoms with van der Waals surface area (Å²) in [4.78, 5) is 23.6. The Bertz CT molecular complexity index is 776. The van der Waals surface area contributed by atoms with E-state index in [2.05, 4.69) is 15.8 Å². The van der Waals surface area contributed by atoms with E-state index in [4.69, 9.17) is 16.3 Å². The predicted molar refractivity (Wildman–Crippen MR) is 103 cm³/mol. The van der Waals surface area contributed by atoms with Gasteiger partial charge < -0.3 is 10.1 Å². The van der Waals surface area contributed by atoms with Crippen molar-refractivity contribution in [3.63, 3.8) is 0 Å². The van der Waals surface area contributed by atoms with Crippen LogP contribution >= 0.6 is 11.6 Å². The molecule has 6 nitrogen and oxygen atoms in total. The van der Waals surface area contributed by atoms with Gasteiger partial charge >= 0.3 is 0 Å². The number of hydrogen-bond donors (Lipinski definition) is 2. The van der Waals surface area contributed by atoms with Crippen molar-refractivity contribution in [1.82, 2.24) is 5.43 Å². The molecule has 0 heterocycles. The molecule has 0 unspecified atom stereocenters. The summed E-state index contributed by atoms with van der Waals surface area (Å²) in [6.45, 7) is 2.49. The molecule has 0 aliphatic heterocycles. The Balaban J connectivity index is 1.71. The fraction of sp³-hybridized carbons (Fsp3) is 0.211. The van der Waals surface area contributed by atoms with Crippen molar-refractivity contribution in [2.75, 3.05) is 11.9 Å². The van der Waals surface area contributed by atoms with E-state index in [0.717, 1.165) is 11.3 Å². The number of anilines is 1. The van der Waals surface area contributed by atoms with Gasteiger partial charge in [0, 0.05) is 23.6 Å². The van der Waals surface area contributed by atoms with E-state index in [-0.39, 0.29) is 24.7 Å². The smallest absolute Gasteiger partial charge is 0.240 e. The van der Waals surface area contributed by atoms with Gasteiger partial charge in [0.25, 0.3) is 0 Å². The molecule has 0 radical (unpaired) electrons. The molecule has 2 aromatic carbocycles. The molecule has 2 amide bonds. The van der Waals surface area contributed by atoms with Crippen LogP contribution in [0.2, 0.25) is 5.02 Å². The Morgan fingerprint density at radius 2 is 1.85 bits per heavy atom. The molecule has 0 aliphatic rings. The lowest BCUT2D eigenvalue weighted by Crippen LogP contribution is -2.20. The first-order valence-corrected chi connectivity index (χ1v) is 8.55. The molecule has 2 N–H and O–H groups in total. The van der Waals surface area contributed by atoms with Crippen molar-refractivity contribution < 1.29 is 14.3 Å². The molecule has 136 valence electrons. The monoisotopic (exact) mass is 373 g/mol. The summed E-state index contributed by atoms with van der Waals surface area (Å²) in [5.41, 5.74) is 3.80. The number of nitrogens with one attached hydrogen (secondary N) is 2. The molecule has 0 fully saturated rings. The third-order valence-electron chi connectivity index (χ3n) is 3.28. The maximum atomic E-state index is 11.9. The lowest BCUT2D eigenvalue weighted by molar-refractivity contribution is -0.124. The van der Waals surface area contributed by atoms with E-state index in [1.165, 1.54) is 6.21 Å². The SMILES string of the molecule is CCOc1ccc(NC(=O)CCC(=O)N/N=C/c2cccc(Cl)c2)cc1. The highest BCUT2D eigenvalue weighted by molar-refractivity contribution is 6.30. The summed E-state index contributed by atoms with van der Waals surface area (Å²) in [5.74, 6) is 0.149. The molecular formula is C19H20ClN3O3. The zero-order valence-corrected chi connectivity index (χ0v) is 15.1. The zero-order valence-electron chi connectivity index (χ0n) is 14.4. The number of carbonyl (C=O) groups excluding carboxylic acids is 2. The van der Waals surface area contributed by atoms with Gasteiger partial charge in [-0.25, -0.2) is 5.43 Å². The van der Waals surface area contributed by atoms with Gasteiger partial charge in [0.05, 0.1) is 12.8 Å². The molecule has 7 heteroatoms. The molecule has 0 atom stereocenters. The largest absolute Gasteiger partial charge is 0.494 e. The average molecular weight is 374 g/mol. The Labute approximate surface area is 157 Å². The second kappa shape index (κ2) is 10.2. The van der Waals surface area contributed by atoms with E-state index in [1.807, 2.05) is 13.0 Å². The van der Waals surface area contributed by atoms with Gasteiger partial charge in [-0.1, -0.05) is 23.7 Å². The lowest BCUT2D eigenvalue weighted by Gasteiger charge is -2.07. The zero-order chi connectivity index (χ0) is 18.8. The standard InChI is InChI=1S/C19H20ClN3O3/c1-2-26-17-8-6-16(7-9-17)22-18(24)10-11-19(25)23-21-13-14-4-3-5-15(20)12-14/h3-9,12-13H,2,10-11H2,1H3,(H,22,24)(H,23,25)/b21-13+. The van der Waals surface area contributed by atoms with Gasteiger partial charge in [0.1, 0.15) is 5.75 Å². The van der Waals surface area contributed by atoms with Crippen molar-refractivity contribution in [1.29, 1.82) is 0 Å². The first kappa shape index (κ1) is 19.5. The molecular weight excluding hydrogens is 354 g/mol. The van der Waals surface area contributed by atoms with E-state index < -0.39 is 0 Å². The first-order valence-electron chi connectivity index (χ1n) is 8.17. The van der Waals surface area contributed by atoms with Crippen LogP contribution in [0.4, 0.5) is 5.69 Å². The third-order valence-corrected chi connectivity index (χ3v) is 3.51. The van der Waals surface area contributed by atoms with Crippen molar-refractivity contribution in [2.45, 2.75) is 19.8 Å². The van der Waals surface area contributed by atoms with Crippen LogP contribution in [0.3, 0.4) is 0 Å². The van der Waals surface area contributed by atoms with Crippen molar-refractivity contribution in [2.24, 2.45) is 5.10 Å². The summed E-state index contributed by atoms with van der Waals surface area (Å²) in [6.07, 6.45) is 1.59. The van der Waals surface area contributed by atoms with Crippen LogP contribution in [-0.4, -0.2) is 24.6 Å². The second-order valence-electron chi connectivity index (χ2n) is 5.35. The minimum atomic E-state index is -0.342. The van der Waals surface area contributed by atoms with Crippen molar-refractivity contribution >= 4 is 35.3 Å². The van der Waals surface area contributed by atoms with Crippen LogP contribution in [0.5, 0.6) is 5.75 Å². The lowest BCUT2D eigenvalue weighted by atomic mass is 10.2. The third kappa shape index (κ3) is 6.94. The number of halogens is 1. The summed E-state index contributed by atoms with van der Waals surface area (Å²) in [6, 6.07) is 14.1. The minimum absolute atomic E-state index is 0.0374. The normalized spacial score (nSPS) is 10.5. The molecule has 0 bridgehead atoms. The number of hydrogen-bond acceptors (Lipinski definition) is 4. The Morgan fingerprint density at radius 3 is 2.54 bits per heavy atom. The summed E-state index contributed by atoms with van der Waals surface area (Å²) < 4.78 is 5.33. The molecule has 2 aromatic rings. The summed E-state index contributed by atoms with van der Waals surface area (Å²) >= 11 is 5.86. The molecule has 26 heavy (non-hydrogen) atoms. The van der Waals surface area contributed by atoms with Gasteiger partial charge in [-0.3, -0.25) is 9.59 Å². The number of carbonyl (C=O) groups is 2. The quantitative estimate of drug-likeness (QED) is 0.548. The van der Waals surface area contributed by atoms with Gasteiger partial charge in [-0.05, 0) is 48.9 Å². The highest BCUT2D eigenvalue weighted by Gasteiger charge is 2.07. The van der Waals surface area contributed by atoms with E-state index >= 15 is 0 Å². The van der Waals surface area contributed by atoms with E-state index in [1.54, 1.807) is 42.5 Å². The van der Waals surface area contributed by atoms with Crippen LogP contribution in [0.15, 0.2) is 53.6 Å². The second-order valence-corrected chi connectivity index (χ2v) is 5.79. The Kier molecular flexibility index (Phi) is 7.64. The number of ether oxygens (including phenoxy) is 1. The number of benzene rings is 2. The van der Waals surface area contributed by atoms with Crippen LogP contribution in [-0.2, 0) is 9.59 Å². The van der Waals surface area contributed by atoms with Crippen molar-refractivity contribution in [3.8, 4) is 5.75 Å². The minimum Gasteiger partial charge on any atom is -0.494 e. The Morgan fingerprint density at radius 1 is 1.12 bits per heavy atom. The van der Waals surface area contributed by atoms with Crippen LogP contribution < -0.4 is 15.5 Å². The number of hydrazone groups is 1. The average Bonchev–Trinajstić information content (AvgIpc) is 2.62. The number of nitrogens with zero attached hydrogens (tertiary/aromatic N) is 1. The van der Waals surface area contributed by atoms with Gasteiger partial charge in [-0.15, -0.1) is 0 Å². The highest BCUT2D eigenvalue weighted by Crippen LogP contribution is 2.15. The van der Waals surface area contributed by atoms with Gasteiger partial charge in [0.15, 0.2) is 0 Å². The van der Waals surface area contributed by atoms with Crippen LogP contribution in [0, 0.1) is 0 Å². The molecule has 0 aromatic heterocycles. The number of amides is 2. The van der Waals surface area contributed by atoms with Crippen molar-refractivity contribution in [3.05, 3.63) is 59.1 Å². The molecule has 0 saturated carbocycles. The molecule has 0 saturated heterocycles. The van der Waals surface area contributed by atoms with Gasteiger partial charge in [0.2, 0.25) is 11.8 Å². The fourth-order valence-corrected chi connectivity index (χ4v) is 2.27. The van der Waals surface area contributed by atoms with E-state index in [9.17, 15) is 9.59 Å². The van der Waals surface area contributed by atoms with Crippen LogP contribution in [0.1, 0.15) is 25.3 Å². The first-order chi connectivity index (χ1) is 12.6. The molecule has 2 rings (SSSR count). The summed E-state index contributed by atoms with van der Waals surface area (Å²) in [5, 5.41) is 7.16. The van der Waals surface area contributed by atoms with E-state index in [0.29, 0.717) is 17.3 Å². The topological polar surface area (TPSA) is 79.8 Å². The number of rotatable bonds is 8.